The number of thiophene rings is 1. The normalized spacial score (nSPS) is 9.83. The molecule has 1 N–H and O–H groups in total. The monoisotopic (exact) mass is 276 g/mol. The molecule has 3 nitrogen and oxygen atoms in total. The predicted molar refractivity (Wildman–Crippen MR) is 73.2 cm³/mol. The Bertz CT molecular complexity index is 643. The standard InChI is InChI=1S/C13H9ClN2OS/c1-8-7-18-12(11(8)14)13(17)16-10-4-2-3-9(5-10)6-15/h2-5,7H,1H3,(H,16,17). The Morgan fingerprint density at radius 2 is 2.28 bits per heavy atom. The summed E-state index contributed by atoms with van der Waals surface area (Å²) in [5, 5.41) is 13.8. The maximum absolute atomic E-state index is 12.0. The van der Waals surface area contributed by atoms with Crippen LogP contribution in [0.4, 0.5) is 5.69 Å². The van der Waals surface area contributed by atoms with Gasteiger partial charge in [0.05, 0.1) is 16.7 Å². The van der Waals surface area contributed by atoms with Gasteiger partial charge in [-0.25, -0.2) is 0 Å². The summed E-state index contributed by atoms with van der Waals surface area (Å²) in [6.45, 7) is 1.85. The van der Waals surface area contributed by atoms with Gasteiger partial charge < -0.3 is 5.32 Å². The average molecular weight is 277 g/mol. The van der Waals surface area contributed by atoms with Crippen LogP contribution < -0.4 is 5.32 Å². The van der Waals surface area contributed by atoms with E-state index >= 15 is 0 Å². The minimum Gasteiger partial charge on any atom is -0.321 e. The van der Waals surface area contributed by atoms with Crippen LogP contribution in [0.15, 0.2) is 29.6 Å². The van der Waals surface area contributed by atoms with E-state index in [0.717, 1.165) is 5.56 Å². The number of anilines is 1. The summed E-state index contributed by atoms with van der Waals surface area (Å²) in [5.41, 5.74) is 1.97. The van der Waals surface area contributed by atoms with Crippen LogP contribution in [0.25, 0.3) is 0 Å². The molecule has 1 aromatic heterocycles. The first kappa shape index (κ1) is 12.6. The molecule has 0 aliphatic heterocycles. The van der Waals surface area contributed by atoms with E-state index in [4.69, 9.17) is 16.9 Å². The SMILES string of the molecule is Cc1csc(C(=O)Nc2cccc(C#N)c2)c1Cl. The average Bonchev–Trinajstić information content (AvgIpc) is 2.70. The van der Waals surface area contributed by atoms with Crippen LogP contribution in [0.2, 0.25) is 5.02 Å². The van der Waals surface area contributed by atoms with Crippen molar-refractivity contribution in [1.82, 2.24) is 0 Å². The van der Waals surface area contributed by atoms with Gasteiger partial charge in [-0.3, -0.25) is 4.79 Å². The molecule has 0 saturated heterocycles. The van der Waals surface area contributed by atoms with Crippen molar-refractivity contribution in [1.29, 1.82) is 5.26 Å². The van der Waals surface area contributed by atoms with Crippen LogP contribution in [0.5, 0.6) is 0 Å². The maximum Gasteiger partial charge on any atom is 0.267 e. The molecule has 0 aliphatic rings. The number of carbonyl (C=O) groups is 1. The first-order chi connectivity index (χ1) is 8.61. The molecule has 1 amide bonds. The van der Waals surface area contributed by atoms with Crippen molar-refractivity contribution in [3.8, 4) is 6.07 Å². The lowest BCUT2D eigenvalue weighted by atomic mass is 10.2. The lowest BCUT2D eigenvalue weighted by molar-refractivity contribution is 0.103. The molecule has 0 atom stereocenters. The third kappa shape index (κ3) is 2.53. The number of halogens is 1. The minimum atomic E-state index is -0.256. The first-order valence-electron chi connectivity index (χ1n) is 5.17. The zero-order valence-electron chi connectivity index (χ0n) is 9.53. The van der Waals surface area contributed by atoms with Gasteiger partial charge in [-0.05, 0) is 36.1 Å². The molecule has 0 saturated carbocycles. The van der Waals surface area contributed by atoms with Crippen molar-refractivity contribution in [2.24, 2.45) is 0 Å². The highest BCUT2D eigenvalue weighted by molar-refractivity contribution is 7.13. The van der Waals surface area contributed by atoms with E-state index in [-0.39, 0.29) is 5.91 Å². The molecule has 0 fully saturated rings. The second-order valence-electron chi connectivity index (χ2n) is 3.71. The zero-order valence-corrected chi connectivity index (χ0v) is 11.1. The number of benzene rings is 1. The number of hydrogen-bond donors (Lipinski definition) is 1. The number of carbonyl (C=O) groups excluding carboxylic acids is 1. The van der Waals surface area contributed by atoms with Crippen molar-refractivity contribution < 1.29 is 4.79 Å². The van der Waals surface area contributed by atoms with Gasteiger partial charge in [-0.2, -0.15) is 5.26 Å². The number of nitrogens with zero attached hydrogens (tertiary/aromatic N) is 1. The molecule has 0 spiro atoms. The Labute approximate surface area is 114 Å². The molecule has 1 aromatic carbocycles. The van der Waals surface area contributed by atoms with Crippen LogP contribution in [-0.2, 0) is 0 Å². The van der Waals surface area contributed by atoms with Crippen LogP contribution in [-0.4, -0.2) is 5.91 Å². The molecule has 0 aliphatic carbocycles. The van der Waals surface area contributed by atoms with E-state index in [2.05, 4.69) is 5.32 Å². The van der Waals surface area contributed by atoms with E-state index in [1.165, 1.54) is 11.3 Å². The van der Waals surface area contributed by atoms with Crippen LogP contribution >= 0.6 is 22.9 Å². The molecule has 18 heavy (non-hydrogen) atoms. The molecule has 2 aromatic rings. The van der Waals surface area contributed by atoms with Gasteiger partial charge in [0.15, 0.2) is 0 Å². The second-order valence-corrected chi connectivity index (χ2v) is 4.97. The Morgan fingerprint density at radius 1 is 1.50 bits per heavy atom. The van der Waals surface area contributed by atoms with Crippen molar-refractivity contribution in [2.45, 2.75) is 6.92 Å². The summed E-state index contributed by atoms with van der Waals surface area (Å²) in [6.07, 6.45) is 0. The van der Waals surface area contributed by atoms with Gasteiger partial charge in [-0.15, -0.1) is 11.3 Å². The summed E-state index contributed by atoms with van der Waals surface area (Å²) >= 11 is 7.33. The van der Waals surface area contributed by atoms with Crippen molar-refractivity contribution in [3.05, 3.63) is 50.7 Å². The number of nitrogens with one attached hydrogen (secondary N) is 1. The maximum atomic E-state index is 12.0. The Balaban J connectivity index is 2.22. The fraction of sp³-hybridized carbons (Fsp3) is 0.0769. The Hall–Kier alpha value is -1.83. The summed E-state index contributed by atoms with van der Waals surface area (Å²) in [4.78, 5) is 12.5. The van der Waals surface area contributed by atoms with Gasteiger partial charge in [0, 0.05) is 5.69 Å². The topological polar surface area (TPSA) is 52.9 Å². The van der Waals surface area contributed by atoms with E-state index in [0.29, 0.717) is 21.2 Å². The van der Waals surface area contributed by atoms with Crippen LogP contribution in [0.3, 0.4) is 0 Å². The molecule has 5 heteroatoms. The molecule has 0 bridgehead atoms. The van der Waals surface area contributed by atoms with E-state index in [9.17, 15) is 4.79 Å². The lowest BCUT2D eigenvalue weighted by Gasteiger charge is -2.04. The third-order valence-corrected chi connectivity index (χ3v) is 4.05. The van der Waals surface area contributed by atoms with E-state index in [1.54, 1.807) is 24.3 Å². The highest BCUT2D eigenvalue weighted by atomic mass is 35.5. The minimum absolute atomic E-state index is 0.256. The Kier molecular flexibility index (Phi) is 3.66. The summed E-state index contributed by atoms with van der Waals surface area (Å²) in [7, 11) is 0. The Morgan fingerprint density at radius 3 is 2.89 bits per heavy atom. The molecule has 90 valence electrons. The number of rotatable bonds is 2. The first-order valence-corrected chi connectivity index (χ1v) is 6.42. The third-order valence-electron chi connectivity index (χ3n) is 2.35. The summed E-state index contributed by atoms with van der Waals surface area (Å²) in [5.74, 6) is -0.256. The van der Waals surface area contributed by atoms with Crippen molar-refractivity contribution in [3.63, 3.8) is 0 Å². The number of nitriles is 1. The molecule has 0 radical (unpaired) electrons. The fourth-order valence-electron chi connectivity index (χ4n) is 1.44. The van der Waals surface area contributed by atoms with Crippen molar-refractivity contribution in [2.75, 3.05) is 5.32 Å². The number of hydrogen-bond acceptors (Lipinski definition) is 3. The lowest BCUT2D eigenvalue weighted by Crippen LogP contribution is -2.10. The largest absolute Gasteiger partial charge is 0.321 e. The summed E-state index contributed by atoms with van der Waals surface area (Å²) in [6, 6.07) is 8.76. The van der Waals surface area contributed by atoms with Gasteiger partial charge in [0.25, 0.3) is 5.91 Å². The van der Waals surface area contributed by atoms with Gasteiger partial charge in [0.2, 0.25) is 0 Å². The highest BCUT2D eigenvalue weighted by Gasteiger charge is 2.14. The van der Waals surface area contributed by atoms with Crippen LogP contribution in [0.1, 0.15) is 20.8 Å². The quantitative estimate of drug-likeness (QED) is 0.906. The molecular formula is C13H9ClN2OS. The molecular weight excluding hydrogens is 268 g/mol. The highest BCUT2D eigenvalue weighted by Crippen LogP contribution is 2.27. The van der Waals surface area contributed by atoms with E-state index < -0.39 is 0 Å². The zero-order chi connectivity index (χ0) is 13.1. The number of amides is 1. The molecule has 0 unspecified atom stereocenters. The second kappa shape index (κ2) is 5.21. The van der Waals surface area contributed by atoms with Gasteiger partial charge in [0.1, 0.15) is 4.88 Å². The van der Waals surface area contributed by atoms with Crippen LogP contribution in [0, 0.1) is 18.3 Å². The molecule has 2 rings (SSSR count). The van der Waals surface area contributed by atoms with Gasteiger partial charge in [-0.1, -0.05) is 17.7 Å². The van der Waals surface area contributed by atoms with Gasteiger partial charge >= 0.3 is 0 Å². The van der Waals surface area contributed by atoms with E-state index in [1.807, 2.05) is 18.4 Å². The molecule has 1 heterocycles. The summed E-state index contributed by atoms with van der Waals surface area (Å²) < 4.78 is 0. The smallest absolute Gasteiger partial charge is 0.267 e. The van der Waals surface area contributed by atoms with Crippen molar-refractivity contribution >= 4 is 34.5 Å². The number of aryl methyl sites for hydroxylation is 1. The fourth-order valence-corrected chi connectivity index (χ4v) is 2.61. The predicted octanol–water partition coefficient (Wildman–Crippen LogP) is 3.83.